The van der Waals surface area contributed by atoms with Gasteiger partial charge in [0.1, 0.15) is 6.04 Å². The molecule has 1 amide bonds. The van der Waals surface area contributed by atoms with E-state index < -0.39 is 22.8 Å². The highest BCUT2D eigenvalue weighted by atomic mass is 32.2. The zero-order valence-corrected chi connectivity index (χ0v) is 11.6. The van der Waals surface area contributed by atoms with Crippen LogP contribution in [0.1, 0.15) is 27.2 Å². The van der Waals surface area contributed by atoms with E-state index in [1.807, 2.05) is 13.8 Å². The van der Waals surface area contributed by atoms with Crippen molar-refractivity contribution in [1.29, 1.82) is 0 Å². The van der Waals surface area contributed by atoms with Gasteiger partial charge in [-0.05, 0) is 5.92 Å². The zero-order chi connectivity index (χ0) is 13.4. The third-order valence-electron chi connectivity index (χ3n) is 2.38. The number of carbonyl (C=O) groups excluding carboxylic acids is 2. The molecule has 0 aromatic carbocycles. The van der Waals surface area contributed by atoms with Crippen molar-refractivity contribution in [1.82, 2.24) is 5.32 Å². The van der Waals surface area contributed by atoms with Gasteiger partial charge >= 0.3 is 5.97 Å². The van der Waals surface area contributed by atoms with Crippen molar-refractivity contribution in [3.05, 3.63) is 0 Å². The Balaban J connectivity index is 4.37. The maximum Gasteiger partial charge on any atom is 0.329 e. The first-order chi connectivity index (χ1) is 7.90. The van der Waals surface area contributed by atoms with Crippen molar-refractivity contribution >= 4 is 22.7 Å². The predicted molar refractivity (Wildman–Crippen MR) is 67.0 cm³/mol. The van der Waals surface area contributed by atoms with Crippen LogP contribution in [0.3, 0.4) is 0 Å². The smallest absolute Gasteiger partial charge is 0.329 e. The zero-order valence-electron chi connectivity index (χ0n) is 10.8. The lowest BCUT2D eigenvalue weighted by atomic mass is 10.2. The maximum absolute atomic E-state index is 11.8. The number of carbonyl (C=O) groups is 2. The first-order valence-corrected chi connectivity index (χ1v) is 7.09. The lowest BCUT2D eigenvalue weighted by Gasteiger charge is -2.16. The van der Waals surface area contributed by atoms with E-state index >= 15 is 0 Å². The molecule has 0 aliphatic rings. The van der Waals surface area contributed by atoms with Crippen LogP contribution in [0.2, 0.25) is 0 Å². The Labute approximate surface area is 105 Å². The van der Waals surface area contributed by atoms with E-state index in [1.54, 1.807) is 0 Å². The van der Waals surface area contributed by atoms with E-state index in [9.17, 15) is 13.8 Å². The van der Waals surface area contributed by atoms with Crippen LogP contribution in [0.4, 0.5) is 0 Å². The summed E-state index contributed by atoms with van der Waals surface area (Å²) in [5, 5.41) is 2.45. The third kappa shape index (κ3) is 7.10. The highest BCUT2D eigenvalue weighted by Gasteiger charge is 2.23. The van der Waals surface area contributed by atoms with Crippen molar-refractivity contribution in [2.75, 3.05) is 18.6 Å². The summed E-state index contributed by atoms with van der Waals surface area (Å²) in [5.41, 5.74) is 0. The molecule has 0 radical (unpaired) electrons. The normalized spacial score (nSPS) is 15.8. The maximum atomic E-state index is 11.8. The molecule has 0 aliphatic heterocycles. The molecule has 0 rings (SSSR count). The van der Waals surface area contributed by atoms with E-state index in [2.05, 4.69) is 10.1 Å². The standard InChI is InChI=1S/C11H21NO4S/c1-5-8(2)6-17(15)7-10(11(14)16-4)12-9(3)13/h8,10H,5-7H2,1-4H3,(H,12,13). The molecule has 0 aromatic rings. The molecule has 0 bridgehead atoms. The second-order valence-corrected chi connectivity index (χ2v) is 5.61. The molecule has 0 aromatic heterocycles. The number of esters is 1. The minimum atomic E-state index is -1.13. The summed E-state index contributed by atoms with van der Waals surface area (Å²) < 4.78 is 16.3. The fourth-order valence-corrected chi connectivity index (χ4v) is 2.84. The fourth-order valence-electron chi connectivity index (χ4n) is 1.25. The van der Waals surface area contributed by atoms with Gasteiger partial charge in [0.25, 0.3) is 0 Å². The molecule has 6 heteroatoms. The lowest BCUT2D eigenvalue weighted by Crippen LogP contribution is -2.44. The molecule has 0 saturated carbocycles. The van der Waals surface area contributed by atoms with Gasteiger partial charge in [-0.1, -0.05) is 20.3 Å². The number of ether oxygens (including phenoxy) is 1. The second-order valence-electron chi connectivity index (χ2n) is 4.06. The third-order valence-corrected chi connectivity index (χ3v) is 4.03. The molecular weight excluding hydrogens is 242 g/mol. The molecule has 17 heavy (non-hydrogen) atoms. The second kappa shape index (κ2) is 8.22. The minimum absolute atomic E-state index is 0.108. The van der Waals surface area contributed by atoms with Crippen molar-refractivity contribution in [3.63, 3.8) is 0 Å². The van der Waals surface area contributed by atoms with Gasteiger partial charge in [0, 0.05) is 23.5 Å². The Kier molecular flexibility index (Phi) is 7.78. The van der Waals surface area contributed by atoms with E-state index in [4.69, 9.17) is 0 Å². The molecule has 0 heterocycles. The summed E-state index contributed by atoms with van der Waals surface area (Å²) in [6.45, 7) is 5.34. The van der Waals surface area contributed by atoms with Gasteiger partial charge in [-0.25, -0.2) is 4.79 Å². The van der Waals surface area contributed by atoms with Crippen molar-refractivity contribution in [2.24, 2.45) is 5.92 Å². The molecule has 0 fully saturated rings. The topological polar surface area (TPSA) is 72.5 Å². The molecule has 3 unspecified atom stereocenters. The monoisotopic (exact) mass is 263 g/mol. The Morgan fingerprint density at radius 3 is 2.35 bits per heavy atom. The first kappa shape index (κ1) is 16.1. The van der Waals surface area contributed by atoms with Crippen LogP contribution >= 0.6 is 0 Å². The molecule has 0 aliphatic carbocycles. The van der Waals surface area contributed by atoms with Crippen LogP contribution in [0.15, 0.2) is 0 Å². The Hall–Kier alpha value is -0.910. The number of nitrogens with one attached hydrogen (secondary N) is 1. The Morgan fingerprint density at radius 1 is 1.35 bits per heavy atom. The van der Waals surface area contributed by atoms with Crippen molar-refractivity contribution in [2.45, 2.75) is 33.2 Å². The molecule has 0 saturated heterocycles. The number of methoxy groups -OCH3 is 1. The summed E-state index contributed by atoms with van der Waals surface area (Å²) in [4.78, 5) is 22.3. The molecule has 3 atom stereocenters. The van der Waals surface area contributed by atoms with Crippen LogP contribution in [0.5, 0.6) is 0 Å². The molecule has 0 spiro atoms. The molecule has 100 valence electrons. The quantitative estimate of drug-likeness (QED) is 0.677. The van der Waals surface area contributed by atoms with Crippen LogP contribution < -0.4 is 5.32 Å². The van der Waals surface area contributed by atoms with Gasteiger partial charge in [-0.2, -0.15) is 0 Å². The average molecular weight is 263 g/mol. The molecule has 1 N–H and O–H groups in total. The summed E-state index contributed by atoms with van der Waals surface area (Å²) in [7, 11) is 0.111. The fraction of sp³-hybridized carbons (Fsp3) is 0.818. The lowest BCUT2D eigenvalue weighted by molar-refractivity contribution is -0.144. The molecular formula is C11H21NO4S. The van der Waals surface area contributed by atoms with Gasteiger partial charge in [0.15, 0.2) is 0 Å². The number of rotatable bonds is 7. The van der Waals surface area contributed by atoms with Gasteiger partial charge in [-0.15, -0.1) is 0 Å². The number of amides is 1. The number of hydrogen-bond acceptors (Lipinski definition) is 4. The highest BCUT2D eigenvalue weighted by molar-refractivity contribution is 7.85. The summed E-state index contributed by atoms with van der Waals surface area (Å²) in [6, 6.07) is -0.817. The Morgan fingerprint density at radius 2 is 1.94 bits per heavy atom. The van der Waals surface area contributed by atoms with Crippen LogP contribution in [0, 0.1) is 5.92 Å². The van der Waals surface area contributed by atoms with Gasteiger partial charge in [0.2, 0.25) is 5.91 Å². The Bertz CT molecular complexity index is 293. The van der Waals surface area contributed by atoms with Gasteiger partial charge in [-0.3, -0.25) is 9.00 Å². The van der Waals surface area contributed by atoms with E-state index in [0.29, 0.717) is 11.7 Å². The van der Waals surface area contributed by atoms with Crippen molar-refractivity contribution < 1.29 is 18.5 Å². The minimum Gasteiger partial charge on any atom is -0.467 e. The van der Waals surface area contributed by atoms with E-state index in [0.717, 1.165) is 6.42 Å². The predicted octanol–water partition coefficient (Wildman–Crippen LogP) is 0.459. The van der Waals surface area contributed by atoms with E-state index in [-0.39, 0.29) is 11.7 Å². The summed E-state index contributed by atoms with van der Waals surface area (Å²) >= 11 is 0. The molecule has 5 nitrogen and oxygen atoms in total. The van der Waals surface area contributed by atoms with Gasteiger partial charge < -0.3 is 10.1 Å². The van der Waals surface area contributed by atoms with Crippen LogP contribution in [0.25, 0.3) is 0 Å². The first-order valence-electron chi connectivity index (χ1n) is 5.60. The van der Waals surface area contributed by atoms with Crippen LogP contribution in [-0.4, -0.2) is 40.7 Å². The average Bonchev–Trinajstić information content (AvgIpc) is 2.26. The van der Waals surface area contributed by atoms with Crippen molar-refractivity contribution in [3.8, 4) is 0 Å². The van der Waals surface area contributed by atoms with Gasteiger partial charge in [0.05, 0.1) is 12.9 Å². The summed E-state index contributed by atoms with van der Waals surface area (Å²) in [5.74, 6) is 0.0882. The number of hydrogen-bond donors (Lipinski definition) is 1. The largest absolute Gasteiger partial charge is 0.467 e. The highest BCUT2D eigenvalue weighted by Crippen LogP contribution is 2.04. The summed E-state index contributed by atoms with van der Waals surface area (Å²) in [6.07, 6.45) is 0.939. The SMILES string of the molecule is CCC(C)CS(=O)CC(NC(C)=O)C(=O)OC. The van der Waals surface area contributed by atoms with E-state index in [1.165, 1.54) is 14.0 Å². The van der Waals surface area contributed by atoms with Crippen LogP contribution in [-0.2, 0) is 25.1 Å².